The van der Waals surface area contributed by atoms with Crippen LogP contribution < -0.4 is 16.4 Å². The lowest BCUT2D eigenvalue weighted by atomic mass is 10.3. The van der Waals surface area contributed by atoms with Crippen molar-refractivity contribution in [2.75, 3.05) is 6.54 Å². The highest BCUT2D eigenvalue weighted by Gasteiger charge is 2.17. The Morgan fingerprint density at radius 3 is 2.71 bits per heavy atom. The largest absolute Gasteiger partial charge is 0.459 e. The summed E-state index contributed by atoms with van der Waals surface area (Å²) >= 11 is 0. The Morgan fingerprint density at radius 2 is 2.18 bits per heavy atom. The van der Waals surface area contributed by atoms with E-state index in [1.807, 2.05) is 0 Å². The van der Waals surface area contributed by atoms with Crippen molar-refractivity contribution in [3.63, 3.8) is 0 Å². The molecule has 0 saturated heterocycles. The van der Waals surface area contributed by atoms with Crippen LogP contribution in [-0.4, -0.2) is 30.3 Å². The molecular formula is C10H13N3O4. The van der Waals surface area contributed by atoms with E-state index in [-0.39, 0.29) is 12.3 Å². The molecule has 0 radical (unpaired) electrons. The fraction of sp³-hybridized carbons (Fsp3) is 0.300. The maximum Gasteiger partial charge on any atom is 0.287 e. The summed E-state index contributed by atoms with van der Waals surface area (Å²) in [5.74, 6) is -1.54. The van der Waals surface area contributed by atoms with Gasteiger partial charge in [-0.1, -0.05) is 0 Å². The molecule has 0 aliphatic heterocycles. The van der Waals surface area contributed by atoms with Crippen molar-refractivity contribution < 1.29 is 18.8 Å². The monoisotopic (exact) mass is 239 g/mol. The minimum absolute atomic E-state index is 0.111. The molecule has 0 fully saturated rings. The van der Waals surface area contributed by atoms with Crippen LogP contribution in [0.2, 0.25) is 0 Å². The summed E-state index contributed by atoms with van der Waals surface area (Å²) < 4.78 is 4.86. The van der Waals surface area contributed by atoms with Gasteiger partial charge in [-0.05, 0) is 19.1 Å². The number of carbonyl (C=O) groups is 3. The Kier molecular flexibility index (Phi) is 4.27. The van der Waals surface area contributed by atoms with Gasteiger partial charge in [0.2, 0.25) is 11.8 Å². The van der Waals surface area contributed by atoms with Crippen molar-refractivity contribution in [1.82, 2.24) is 10.6 Å². The molecule has 0 saturated carbocycles. The lowest BCUT2D eigenvalue weighted by molar-refractivity contribution is -0.125. The number of carbonyl (C=O) groups excluding carboxylic acids is 3. The normalized spacial score (nSPS) is 11.6. The Labute approximate surface area is 97.3 Å². The Bertz CT molecular complexity index is 413. The topological polar surface area (TPSA) is 114 Å². The van der Waals surface area contributed by atoms with Crippen molar-refractivity contribution in [2.45, 2.75) is 13.0 Å². The van der Waals surface area contributed by atoms with E-state index in [1.165, 1.54) is 19.3 Å². The lowest BCUT2D eigenvalue weighted by Crippen LogP contribution is -2.46. The average molecular weight is 239 g/mol. The Balaban J connectivity index is 2.43. The molecule has 1 atom stereocenters. The number of primary amides is 1. The van der Waals surface area contributed by atoms with Crippen LogP contribution in [0.4, 0.5) is 0 Å². The molecule has 1 unspecified atom stereocenters. The highest BCUT2D eigenvalue weighted by atomic mass is 16.3. The fourth-order valence-corrected chi connectivity index (χ4v) is 1.07. The third-order valence-electron chi connectivity index (χ3n) is 1.92. The second-order valence-electron chi connectivity index (χ2n) is 3.36. The predicted molar refractivity (Wildman–Crippen MR) is 57.8 cm³/mol. The summed E-state index contributed by atoms with van der Waals surface area (Å²) in [6.07, 6.45) is 1.35. The lowest BCUT2D eigenvalue weighted by Gasteiger charge is -2.12. The zero-order chi connectivity index (χ0) is 12.8. The quantitative estimate of drug-likeness (QED) is 0.611. The average Bonchev–Trinajstić information content (AvgIpc) is 2.78. The molecule has 3 amide bonds. The number of amides is 3. The molecule has 7 nitrogen and oxygen atoms in total. The first-order valence-corrected chi connectivity index (χ1v) is 4.91. The van der Waals surface area contributed by atoms with Crippen molar-refractivity contribution in [1.29, 1.82) is 0 Å². The van der Waals surface area contributed by atoms with E-state index in [4.69, 9.17) is 10.2 Å². The first kappa shape index (κ1) is 12.8. The van der Waals surface area contributed by atoms with Crippen molar-refractivity contribution in [3.05, 3.63) is 24.2 Å². The van der Waals surface area contributed by atoms with Crippen LogP contribution >= 0.6 is 0 Å². The van der Waals surface area contributed by atoms with Gasteiger partial charge >= 0.3 is 0 Å². The smallest absolute Gasteiger partial charge is 0.287 e. The molecule has 1 heterocycles. The molecule has 0 aliphatic rings. The molecule has 1 rings (SSSR count). The highest BCUT2D eigenvalue weighted by Crippen LogP contribution is 1.99. The van der Waals surface area contributed by atoms with E-state index >= 15 is 0 Å². The van der Waals surface area contributed by atoms with Crippen LogP contribution in [0.25, 0.3) is 0 Å². The molecule has 0 aliphatic carbocycles. The predicted octanol–water partition coefficient (Wildman–Crippen LogP) is -1.00. The molecule has 4 N–H and O–H groups in total. The fourth-order valence-electron chi connectivity index (χ4n) is 1.07. The molecule has 17 heavy (non-hydrogen) atoms. The minimum atomic E-state index is -0.785. The summed E-state index contributed by atoms with van der Waals surface area (Å²) in [6.45, 7) is 1.22. The minimum Gasteiger partial charge on any atom is -0.459 e. The van der Waals surface area contributed by atoms with Gasteiger partial charge < -0.3 is 20.8 Å². The second kappa shape index (κ2) is 5.69. The van der Waals surface area contributed by atoms with Crippen LogP contribution in [0.15, 0.2) is 22.8 Å². The Morgan fingerprint density at radius 1 is 1.47 bits per heavy atom. The third-order valence-corrected chi connectivity index (χ3v) is 1.92. The van der Waals surface area contributed by atoms with Gasteiger partial charge in [-0.25, -0.2) is 0 Å². The zero-order valence-electron chi connectivity index (χ0n) is 9.23. The number of rotatable bonds is 5. The summed E-state index contributed by atoms with van der Waals surface area (Å²) in [5, 5.41) is 4.68. The van der Waals surface area contributed by atoms with Gasteiger partial charge in [-0.15, -0.1) is 0 Å². The van der Waals surface area contributed by atoms with Crippen molar-refractivity contribution in [3.8, 4) is 0 Å². The standard InChI is InChI=1S/C10H13N3O4/c1-6(9(15)12-5-8(11)14)13-10(16)7-3-2-4-17-7/h2-4,6H,5H2,1H3,(H2,11,14)(H,12,15)(H,13,16). The van der Waals surface area contributed by atoms with Crippen molar-refractivity contribution >= 4 is 17.7 Å². The summed E-state index contributed by atoms with van der Waals surface area (Å²) in [5.41, 5.74) is 4.86. The molecule has 0 bridgehead atoms. The van der Waals surface area contributed by atoms with Crippen LogP contribution in [0.5, 0.6) is 0 Å². The number of nitrogens with two attached hydrogens (primary N) is 1. The summed E-state index contributed by atoms with van der Waals surface area (Å²) in [6, 6.07) is 2.25. The van der Waals surface area contributed by atoms with E-state index in [0.29, 0.717) is 0 Å². The van der Waals surface area contributed by atoms with Gasteiger partial charge in [0.1, 0.15) is 6.04 Å². The van der Waals surface area contributed by atoms with E-state index in [1.54, 1.807) is 6.07 Å². The third kappa shape index (κ3) is 3.98. The van der Waals surface area contributed by atoms with Crippen molar-refractivity contribution in [2.24, 2.45) is 5.73 Å². The van der Waals surface area contributed by atoms with Gasteiger partial charge in [-0.2, -0.15) is 0 Å². The molecule has 1 aromatic rings. The Hall–Kier alpha value is -2.31. The van der Waals surface area contributed by atoms with Gasteiger partial charge in [0.25, 0.3) is 5.91 Å². The van der Waals surface area contributed by atoms with Crippen LogP contribution in [0, 0.1) is 0 Å². The molecule has 0 aromatic carbocycles. The highest BCUT2D eigenvalue weighted by molar-refractivity contribution is 5.95. The number of nitrogens with one attached hydrogen (secondary N) is 2. The molecular weight excluding hydrogens is 226 g/mol. The van der Waals surface area contributed by atoms with E-state index in [9.17, 15) is 14.4 Å². The van der Waals surface area contributed by atoms with E-state index in [0.717, 1.165) is 0 Å². The number of hydrogen-bond donors (Lipinski definition) is 3. The molecule has 1 aromatic heterocycles. The SMILES string of the molecule is CC(NC(=O)c1ccco1)C(=O)NCC(N)=O. The number of furan rings is 1. The van der Waals surface area contributed by atoms with Gasteiger partial charge in [0.15, 0.2) is 5.76 Å². The molecule has 0 spiro atoms. The van der Waals surface area contributed by atoms with Gasteiger partial charge in [-0.3, -0.25) is 14.4 Å². The maximum absolute atomic E-state index is 11.5. The van der Waals surface area contributed by atoms with E-state index in [2.05, 4.69) is 10.6 Å². The van der Waals surface area contributed by atoms with Crippen LogP contribution in [0.3, 0.4) is 0 Å². The van der Waals surface area contributed by atoms with Gasteiger partial charge in [0, 0.05) is 0 Å². The van der Waals surface area contributed by atoms with Gasteiger partial charge in [0.05, 0.1) is 12.8 Å². The summed E-state index contributed by atoms with van der Waals surface area (Å²) in [7, 11) is 0. The summed E-state index contributed by atoms with van der Waals surface area (Å²) in [4.78, 5) is 33.3. The maximum atomic E-state index is 11.5. The molecule has 7 heteroatoms. The van der Waals surface area contributed by atoms with E-state index < -0.39 is 23.8 Å². The zero-order valence-corrected chi connectivity index (χ0v) is 9.23. The first-order chi connectivity index (χ1) is 8.00. The van der Waals surface area contributed by atoms with Crippen LogP contribution in [-0.2, 0) is 9.59 Å². The number of hydrogen-bond acceptors (Lipinski definition) is 4. The van der Waals surface area contributed by atoms with Crippen LogP contribution in [0.1, 0.15) is 17.5 Å². The second-order valence-corrected chi connectivity index (χ2v) is 3.36. The molecule has 92 valence electrons. The first-order valence-electron chi connectivity index (χ1n) is 4.91.